The minimum absolute atomic E-state index is 0.0814. The van der Waals surface area contributed by atoms with Crippen LogP contribution in [0.2, 0.25) is 10.0 Å². The number of anilines is 1. The number of nitrogens with zero attached hydrogens (tertiary/aromatic N) is 4. The van der Waals surface area contributed by atoms with Crippen LogP contribution in [-0.2, 0) is 4.79 Å². The molecule has 2 heterocycles. The van der Waals surface area contributed by atoms with Crippen molar-refractivity contribution in [2.75, 3.05) is 37.7 Å². The molecule has 3 aromatic rings. The Morgan fingerprint density at radius 2 is 1.71 bits per heavy atom. The molecular formula is C22H19Cl2FN4O2. The summed E-state index contributed by atoms with van der Waals surface area (Å²) in [5.74, 6) is 0.748. The van der Waals surface area contributed by atoms with Gasteiger partial charge >= 0.3 is 0 Å². The number of piperazine rings is 1. The lowest BCUT2D eigenvalue weighted by atomic mass is 10.1. The van der Waals surface area contributed by atoms with E-state index < -0.39 is 0 Å². The van der Waals surface area contributed by atoms with Gasteiger partial charge in [-0.05, 0) is 54.6 Å². The maximum atomic E-state index is 12.9. The highest BCUT2D eigenvalue weighted by atomic mass is 35.5. The minimum atomic E-state index is -0.345. The zero-order chi connectivity index (χ0) is 21.8. The molecule has 0 bridgehead atoms. The second kappa shape index (κ2) is 9.49. The number of halogens is 3. The van der Waals surface area contributed by atoms with Crippen molar-refractivity contribution in [1.29, 1.82) is 0 Å². The molecule has 31 heavy (non-hydrogen) atoms. The van der Waals surface area contributed by atoms with Crippen molar-refractivity contribution in [2.45, 2.75) is 0 Å². The maximum absolute atomic E-state index is 12.9. The molecule has 2 aromatic carbocycles. The van der Waals surface area contributed by atoms with Gasteiger partial charge in [0.25, 0.3) is 5.91 Å². The number of hydrogen-bond donors (Lipinski definition) is 0. The fraction of sp³-hybridized carbons (Fsp3) is 0.227. The van der Waals surface area contributed by atoms with E-state index in [1.165, 1.54) is 24.3 Å². The molecule has 160 valence electrons. The van der Waals surface area contributed by atoms with Gasteiger partial charge < -0.3 is 14.5 Å². The number of rotatable bonds is 5. The average Bonchev–Trinajstić information content (AvgIpc) is 2.79. The van der Waals surface area contributed by atoms with Gasteiger partial charge in [-0.15, -0.1) is 10.2 Å². The number of ether oxygens (including phenoxy) is 1. The molecule has 1 amide bonds. The number of aromatic nitrogens is 2. The fourth-order valence-corrected chi connectivity index (χ4v) is 3.79. The summed E-state index contributed by atoms with van der Waals surface area (Å²) in [6.45, 7) is 2.30. The Balaban J connectivity index is 1.31. The van der Waals surface area contributed by atoms with Crippen LogP contribution in [0.5, 0.6) is 5.75 Å². The molecule has 6 nitrogen and oxygen atoms in total. The average molecular weight is 461 g/mol. The Morgan fingerprint density at radius 1 is 0.968 bits per heavy atom. The van der Waals surface area contributed by atoms with Crippen molar-refractivity contribution < 1.29 is 13.9 Å². The van der Waals surface area contributed by atoms with Crippen LogP contribution in [0.1, 0.15) is 0 Å². The Hall–Kier alpha value is -2.90. The first-order chi connectivity index (χ1) is 15.0. The molecule has 0 unspecified atom stereocenters. The monoisotopic (exact) mass is 460 g/mol. The van der Waals surface area contributed by atoms with Crippen LogP contribution >= 0.6 is 23.2 Å². The number of benzene rings is 2. The summed E-state index contributed by atoms with van der Waals surface area (Å²) in [6, 6.07) is 14.6. The number of carbonyl (C=O) groups is 1. The molecule has 0 N–H and O–H groups in total. The van der Waals surface area contributed by atoms with Gasteiger partial charge in [0.2, 0.25) is 0 Å². The molecular weight excluding hydrogens is 442 g/mol. The van der Waals surface area contributed by atoms with E-state index in [4.69, 9.17) is 27.9 Å². The van der Waals surface area contributed by atoms with Crippen LogP contribution in [0.3, 0.4) is 0 Å². The molecule has 1 aliphatic heterocycles. The third kappa shape index (κ3) is 5.24. The molecule has 0 saturated carbocycles. The summed E-state index contributed by atoms with van der Waals surface area (Å²) in [6.07, 6.45) is 0. The standard InChI is InChI=1S/C22H19Cl2FN4O2/c23-15-1-6-18(19(24)13-15)20-7-8-21(27-26-20)28-9-11-29(12-10-28)22(30)14-31-17-4-2-16(25)3-5-17/h1-8,13H,9-12,14H2. The number of hydrogen-bond acceptors (Lipinski definition) is 5. The first-order valence-corrected chi connectivity index (χ1v) is 10.5. The van der Waals surface area contributed by atoms with Gasteiger partial charge in [-0.3, -0.25) is 4.79 Å². The number of carbonyl (C=O) groups excluding carboxylic acids is 1. The predicted octanol–water partition coefficient (Wildman–Crippen LogP) is 4.32. The van der Waals surface area contributed by atoms with Crippen LogP contribution in [0.25, 0.3) is 11.3 Å². The quantitative estimate of drug-likeness (QED) is 0.567. The SMILES string of the molecule is O=C(COc1ccc(F)cc1)N1CCN(c2ccc(-c3ccc(Cl)cc3Cl)nn2)CC1. The van der Waals surface area contributed by atoms with Crippen molar-refractivity contribution in [1.82, 2.24) is 15.1 Å². The fourth-order valence-electron chi connectivity index (χ4n) is 3.29. The Labute approximate surface area is 189 Å². The van der Waals surface area contributed by atoms with Crippen LogP contribution in [0.15, 0.2) is 54.6 Å². The highest BCUT2D eigenvalue weighted by molar-refractivity contribution is 6.36. The van der Waals surface area contributed by atoms with Crippen LogP contribution < -0.4 is 9.64 Å². The molecule has 4 rings (SSSR count). The van der Waals surface area contributed by atoms with Crippen molar-refractivity contribution in [3.05, 3.63) is 70.5 Å². The van der Waals surface area contributed by atoms with Crippen LogP contribution in [0, 0.1) is 5.82 Å². The Kier molecular flexibility index (Phi) is 6.53. The highest BCUT2D eigenvalue weighted by Crippen LogP contribution is 2.29. The van der Waals surface area contributed by atoms with Crippen molar-refractivity contribution in [3.8, 4) is 17.0 Å². The van der Waals surface area contributed by atoms with Gasteiger partial charge in [0.15, 0.2) is 12.4 Å². The second-order valence-electron chi connectivity index (χ2n) is 7.01. The molecule has 0 spiro atoms. The van der Waals surface area contributed by atoms with E-state index >= 15 is 0 Å². The largest absolute Gasteiger partial charge is 0.484 e. The normalized spacial score (nSPS) is 13.9. The van der Waals surface area contributed by atoms with E-state index in [2.05, 4.69) is 15.1 Å². The van der Waals surface area contributed by atoms with E-state index in [-0.39, 0.29) is 18.3 Å². The molecule has 1 aromatic heterocycles. The molecule has 0 aliphatic carbocycles. The van der Waals surface area contributed by atoms with Gasteiger partial charge in [0.05, 0.1) is 10.7 Å². The van der Waals surface area contributed by atoms with Gasteiger partial charge in [-0.2, -0.15) is 0 Å². The van der Waals surface area contributed by atoms with Crippen molar-refractivity contribution >= 4 is 34.9 Å². The second-order valence-corrected chi connectivity index (χ2v) is 7.86. The maximum Gasteiger partial charge on any atom is 0.260 e. The molecule has 1 saturated heterocycles. The van der Waals surface area contributed by atoms with Gasteiger partial charge in [0, 0.05) is 36.8 Å². The van der Waals surface area contributed by atoms with Crippen molar-refractivity contribution in [3.63, 3.8) is 0 Å². The zero-order valence-electron chi connectivity index (χ0n) is 16.5. The first-order valence-electron chi connectivity index (χ1n) is 9.70. The molecule has 0 radical (unpaired) electrons. The molecule has 9 heteroatoms. The summed E-state index contributed by atoms with van der Waals surface area (Å²) in [5, 5.41) is 9.69. The van der Waals surface area contributed by atoms with E-state index in [0.717, 1.165) is 11.4 Å². The summed E-state index contributed by atoms with van der Waals surface area (Å²) in [4.78, 5) is 16.2. The summed E-state index contributed by atoms with van der Waals surface area (Å²) < 4.78 is 18.4. The van der Waals surface area contributed by atoms with E-state index in [9.17, 15) is 9.18 Å². The van der Waals surface area contributed by atoms with E-state index in [0.29, 0.717) is 47.7 Å². The first kappa shape index (κ1) is 21.3. The lowest BCUT2D eigenvalue weighted by molar-refractivity contribution is -0.133. The van der Waals surface area contributed by atoms with E-state index in [1.807, 2.05) is 18.2 Å². The number of amides is 1. The lowest BCUT2D eigenvalue weighted by Crippen LogP contribution is -2.50. The van der Waals surface area contributed by atoms with E-state index in [1.54, 1.807) is 17.0 Å². The Morgan fingerprint density at radius 3 is 2.35 bits per heavy atom. The minimum Gasteiger partial charge on any atom is -0.484 e. The summed E-state index contributed by atoms with van der Waals surface area (Å²) in [5.41, 5.74) is 1.43. The summed E-state index contributed by atoms with van der Waals surface area (Å²) in [7, 11) is 0. The van der Waals surface area contributed by atoms with Gasteiger partial charge in [-0.25, -0.2) is 4.39 Å². The highest BCUT2D eigenvalue weighted by Gasteiger charge is 2.22. The smallest absolute Gasteiger partial charge is 0.260 e. The zero-order valence-corrected chi connectivity index (χ0v) is 18.0. The van der Waals surface area contributed by atoms with Gasteiger partial charge in [0.1, 0.15) is 11.6 Å². The third-order valence-corrected chi connectivity index (χ3v) is 5.54. The third-order valence-electron chi connectivity index (χ3n) is 4.99. The summed E-state index contributed by atoms with van der Waals surface area (Å²) >= 11 is 12.2. The molecule has 1 aliphatic rings. The molecule has 1 fully saturated rings. The van der Waals surface area contributed by atoms with Crippen LogP contribution in [-0.4, -0.2) is 53.8 Å². The molecule has 0 atom stereocenters. The van der Waals surface area contributed by atoms with Gasteiger partial charge in [-0.1, -0.05) is 23.2 Å². The topological polar surface area (TPSA) is 58.6 Å². The van der Waals surface area contributed by atoms with Crippen molar-refractivity contribution in [2.24, 2.45) is 0 Å². The van der Waals surface area contributed by atoms with Crippen LogP contribution in [0.4, 0.5) is 10.2 Å². The lowest BCUT2D eigenvalue weighted by Gasteiger charge is -2.35. The predicted molar refractivity (Wildman–Crippen MR) is 118 cm³/mol. The Bertz CT molecular complexity index is 1060.